The van der Waals surface area contributed by atoms with Crippen LogP contribution < -0.4 is 0 Å². The van der Waals surface area contributed by atoms with Crippen LogP contribution in [0.15, 0.2) is 36.5 Å². The molecule has 0 amide bonds. The van der Waals surface area contributed by atoms with Gasteiger partial charge in [-0.25, -0.2) is 4.68 Å². The fraction of sp³-hybridized carbons (Fsp3) is 0.524. The molecule has 144 valence electrons. The average molecular weight is 369 g/mol. The summed E-state index contributed by atoms with van der Waals surface area (Å²) < 4.78 is 6.97. The monoisotopic (exact) mass is 369 g/mol. The van der Waals surface area contributed by atoms with E-state index < -0.39 is 0 Å². The summed E-state index contributed by atoms with van der Waals surface area (Å²) in [5.41, 5.74) is 3.08. The number of carbonyl (C=O) groups excluding carboxylic acids is 1. The molecular formula is C21H27N3O3. The van der Waals surface area contributed by atoms with Crippen LogP contribution in [0.25, 0.3) is 5.69 Å². The lowest BCUT2D eigenvalue weighted by Crippen LogP contribution is -2.44. The van der Waals surface area contributed by atoms with Crippen LogP contribution in [0.3, 0.4) is 0 Å². The van der Waals surface area contributed by atoms with Crippen LogP contribution in [0.4, 0.5) is 0 Å². The number of benzene rings is 1. The fourth-order valence-corrected chi connectivity index (χ4v) is 4.68. The van der Waals surface area contributed by atoms with E-state index in [4.69, 9.17) is 4.74 Å². The quantitative estimate of drug-likeness (QED) is 0.839. The smallest absolute Gasteiger partial charge is 0.323 e. The van der Waals surface area contributed by atoms with Crippen LogP contribution >= 0.6 is 0 Å². The van der Waals surface area contributed by atoms with Crippen LogP contribution in [-0.4, -0.2) is 51.1 Å². The number of methoxy groups -OCH3 is 1. The average Bonchev–Trinajstić information content (AvgIpc) is 3.23. The molecule has 2 aliphatic rings. The van der Waals surface area contributed by atoms with Crippen LogP contribution in [0.1, 0.15) is 36.9 Å². The lowest BCUT2D eigenvalue weighted by molar-refractivity contribution is -0.146. The molecule has 6 nitrogen and oxygen atoms in total. The maximum atomic E-state index is 12.4. The van der Waals surface area contributed by atoms with Crippen molar-refractivity contribution in [2.45, 2.75) is 57.3 Å². The minimum Gasteiger partial charge on any atom is -0.468 e. The number of para-hydroxylation sites is 1. The predicted octanol–water partition coefficient (Wildman–Crippen LogP) is 2.46. The first kappa shape index (κ1) is 18.2. The van der Waals surface area contributed by atoms with Crippen molar-refractivity contribution in [3.8, 4) is 5.69 Å². The molecule has 0 radical (unpaired) electrons. The van der Waals surface area contributed by atoms with E-state index in [-0.39, 0.29) is 24.2 Å². The van der Waals surface area contributed by atoms with Crippen LogP contribution in [-0.2, 0) is 16.1 Å². The number of esters is 1. The molecule has 1 N–H and O–H groups in total. The Morgan fingerprint density at radius 2 is 2.04 bits per heavy atom. The van der Waals surface area contributed by atoms with Crippen LogP contribution in [0.5, 0.6) is 0 Å². The summed E-state index contributed by atoms with van der Waals surface area (Å²) in [6.45, 7) is 2.65. The van der Waals surface area contributed by atoms with Crippen molar-refractivity contribution in [2.75, 3.05) is 7.11 Å². The third-order valence-corrected chi connectivity index (χ3v) is 6.13. The Hall–Kier alpha value is -2.18. The zero-order chi connectivity index (χ0) is 19.0. The lowest BCUT2D eigenvalue weighted by atomic mass is 9.83. The number of fused-ring (bicyclic) bond motifs is 1. The van der Waals surface area contributed by atoms with Crippen molar-refractivity contribution >= 4 is 5.97 Å². The number of ether oxygens (including phenoxy) is 1. The molecule has 4 rings (SSSR count). The van der Waals surface area contributed by atoms with Gasteiger partial charge in [0.1, 0.15) is 6.04 Å². The number of nitrogens with zero attached hydrogens (tertiary/aromatic N) is 3. The highest BCUT2D eigenvalue weighted by Crippen LogP contribution is 2.41. The van der Waals surface area contributed by atoms with Gasteiger partial charge in [-0.15, -0.1) is 0 Å². The molecule has 1 aliphatic heterocycles. The van der Waals surface area contributed by atoms with E-state index in [1.165, 1.54) is 7.11 Å². The summed E-state index contributed by atoms with van der Waals surface area (Å²) in [7, 11) is 1.45. The van der Waals surface area contributed by atoms with E-state index in [9.17, 15) is 9.90 Å². The van der Waals surface area contributed by atoms with Crippen LogP contribution in [0, 0.1) is 12.8 Å². The molecule has 2 heterocycles. The highest BCUT2D eigenvalue weighted by Gasteiger charge is 2.47. The third kappa shape index (κ3) is 3.51. The minimum atomic E-state index is -0.279. The molecule has 0 bridgehead atoms. The van der Waals surface area contributed by atoms with E-state index in [1.54, 1.807) is 0 Å². The predicted molar refractivity (Wildman–Crippen MR) is 101 cm³/mol. The highest BCUT2D eigenvalue weighted by atomic mass is 16.5. The number of aromatic nitrogens is 2. The Morgan fingerprint density at radius 1 is 1.26 bits per heavy atom. The molecule has 0 spiro atoms. The zero-order valence-corrected chi connectivity index (χ0v) is 15.9. The number of aliphatic hydroxyl groups is 1. The van der Waals surface area contributed by atoms with Crippen molar-refractivity contribution in [3.63, 3.8) is 0 Å². The second-order valence-corrected chi connectivity index (χ2v) is 7.76. The Bertz CT molecular complexity index is 804. The van der Waals surface area contributed by atoms with Crippen molar-refractivity contribution in [1.29, 1.82) is 0 Å². The molecule has 6 heteroatoms. The van der Waals surface area contributed by atoms with Crippen molar-refractivity contribution in [2.24, 2.45) is 5.92 Å². The van der Waals surface area contributed by atoms with Gasteiger partial charge in [0.25, 0.3) is 0 Å². The van der Waals surface area contributed by atoms with Crippen LogP contribution in [0.2, 0.25) is 0 Å². The summed E-state index contributed by atoms with van der Waals surface area (Å²) in [4.78, 5) is 14.6. The Balaban J connectivity index is 1.61. The molecule has 1 aromatic carbocycles. The summed E-state index contributed by atoms with van der Waals surface area (Å²) >= 11 is 0. The highest BCUT2D eigenvalue weighted by molar-refractivity contribution is 5.76. The van der Waals surface area contributed by atoms with Gasteiger partial charge in [-0.2, -0.15) is 5.10 Å². The molecule has 4 atom stereocenters. The summed E-state index contributed by atoms with van der Waals surface area (Å²) in [6.07, 6.45) is 5.11. The normalized spacial score (nSPS) is 28.1. The minimum absolute atomic E-state index is 0.174. The molecule has 2 fully saturated rings. The first-order valence-corrected chi connectivity index (χ1v) is 9.69. The molecule has 1 saturated carbocycles. The van der Waals surface area contributed by atoms with E-state index in [0.717, 1.165) is 42.6 Å². The molecular weight excluding hydrogens is 342 g/mol. The fourth-order valence-electron chi connectivity index (χ4n) is 4.68. The summed E-state index contributed by atoms with van der Waals surface area (Å²) in [6, 6.07) is 10.0. The Kier molecular flexibility index (Phi) is 5.02. The van der Waals surface area contributed by atoms with Gasteiger partial charge >= 0.3 is 5.97 Å². The molecule has 2 aromatic rings. The molecule has 27 heavy (non-hydrogen) atoms. The number of aryl methyl sites for hydroxylation is 1. The lowest BCUT2D eigenvalue weighted by Gasteiger charge is -2.35. The number of hydrogen-bond donors (Lipinski definition) is 1. The number of aliphatic hydroxyl groups excluding tert-OH is 1. The van der Waals surface area contributed by atoms with Gasteiger partial charge in [-0.3, -0.25) is 9.69 Å². The molecule has 0 unspecified atom stereocenters. The first-order chi connectivity index (χ1) is 13.1. The maximum absolute atomic E-state index is 12.4. The van der Waals surface area contributed by atoms with Crippen molar-refractivity contribution < 1.29 is 14.6 Å². The number of hydrogen-bond acceptors (Lipinski definition) is 5. The molecule has 1 aromatic heterocycles. The topological polar surface area (TPSA) is 67.6 Å². The van der Waals surface area contributed by atoms with Gasteiger partial charge < -0.3 is 9.84 Å². The largest absolute Gasteiger partial charge is 0.468 e. The van der Waals surface area contributed by atoms with Crippen molar-refractivity contribution in [1.82, 2.24) is 14.7 Å². The molecule has 1 aliphatic carbocycles. The summed E-state index contributed by atoms with van der Waals surface area (Å²) in [5.74, 6) is 0.272. The second-order valence-electron chi connectivity index (χ2n) is 7.76. The maximum Gasteiger partial charge on any atom is 0.323 e. The van der Waals surface area contributed by atoms with E-state index in [1.807, 2.05) is 48.1 Å². The zero-order valence-electron chi connectivity index (χ0n) is 15.9. The van der Waals surface area contributed by atoms with E-state index in [0.29, 0.717) is 12.5 Å². The summed E-state index contributed by atoms with van der Waals surface area (Å²) in [5, 5.41) is 14.8. The number of rotatable bonds is 4. The SMILES string of the molecule is COC(=O)[C@@H]1C[C@H]2CC[C@@H](O)C[C@H]2N1Cc1cn(-c2ccccc2)nc1C. The third-order valence-electron chi connectivity index (χ3n) is 6.13. The second kappa shape index (κ2) is 7.44. The molecule has 1 saturated heterocycles. The van der Waals surface area contributed by atoms with Gasteiger partial charge in [0.2, 0.25) is 0 Å². The number of carbonyl (C=O) groups is 1. The van der Waals surface area contributed by atoms with Gasteiger partial charge in [0.05, 0.1) is 24.6 Å². The first-order valence-electron chi connectivity index (χ1n) is 9.69. The number of likely N-dealkylation sites (tertiary alicyclic amines) is 1. The Labute approximate surface area is 159 Å². The van der Waals surface area contributed by atoms with E-state index in [2.05, 4.69) is 10.00 Å². The van der Waals surface area contributed by atoms with Gasteiger partial charge in [-0.05, 0) is 50.7 Å². The van der Waals surface area contributed by atoms with E-state index >= 15 is 0 Å². The van der Waals surface area contributed by atoms with Gasteiger partial charge in [0.15, 0.2) is 0 Å². The standard InChI is InChI=1S/C21H27N3O3/c1-14-16(13-24(22-14)17-6-4-3-5-7-17)12-23-19-11-18(25)9-8-15(19)10-20(23)21(26)27-2/h3-7,13,15,18-20,25H,8-12H2,1-2H3/t15-,18-,19-,20+/m1/s1. The van der Waals surface area contributed by atoms with Gasteiger partial charge in [-0.1, -0.05) is 18.2 Å². The van der Waals surface area contributed by atoms with Crippen molar-refractivity contribution in [3.05, 3.63) is 47.8 Å². The Morgan fingerprint density at radius 3 is 2.78 bits per heavy atom. The van der Waals surface area contributed by atoms with Gasteiger partial charge in [0, 0.05) is 24.3 Å².